The highest BCUT2D eigenvalue weighted by Crippen LogP contribution is 2.22. The molecule has 32 heavy (non-hydrogen) atoms. The van der Waals surface area contributed by atoms with Gasteiger partial charge in [-0.2, -0.15) is 0 Å². The molecule has 0 N–H and O–H groups in total. The zero-order valence-electron chi connectivity index (χ0n) is 18.6. The van der Waals surface area contributed by atoms with E-state index in [0.29, 0.717) is 0 Å². The largest absolute Gasteiger partial charge is 0.487 e. The van der Waals surface area contributed by atoms with Crippen molar-refractivity contribution in [2.75, 3.05) is 0 Å². The summed E-state index contributed by atoms with van der Waals surface area (Å²) in [5.74, 6) is 2.28. The standard InChI is InChI=1S/C29H30O3/c1-24(30-26-18-12-6-3-7-13-19-26)29(32-28-22-16-10-5-11-17-23-28)25(2)31-27-20-14-8-4-9-15-21-27/h3-25,29H,1-2H3/b6-3-,7-3?,8-4-,9-4?,10-5-,11-5?,12-6?,13-7-,14-8?,15-9-,16-10?,17-11-,18-12-,19-13?,20-14-,21-15?,22-16-,23-17?,26-18?,26-19+,27-20?,27-21+,28-22?,28-23+. The maximum Gasteiger partial charge on any atom is 0.171 e. The number of ether oxygens (including phenoxy) is 3. The Bertz CT molecular complexity index is 931. The quantitative estimate of drug-likeness (QED) is 0.423. The van der Waals surface area contributed by atoms with E-state index in [2.05, 4.69) is 0 Å². The van der Waals surface area contributed by atoms with Gasteiger partial charge in [-0.15, -0.1) is 0 Å². The second-order valence-corrected chi connectivity index (χ2v) is 7.32. The van der Waals surface area contributed by atoms with Crippen LogP contribution in [0.2, 0.25) is 0 Å². The third kappa shape index (κ3) is 7.84. The molecule has 0 aliphatic heterocycles. The third-order valence-corrected chi connectivity index (χ3v) is 4.74. The number of hydrogen-bond acceptors (Lipinski definition) is 3. The minimum Gasteiger partial charge on any atom is -0.487 e. The molecule has 3 rings (SSSR count). The summed E-state index contributed by atoms with van der Waals surface area (Å²) in [6, 6.07) is 0. The summed E-state index contributed by atoms with van der Waals surface area (Å²) >= 11 is 0. The van der Waals surface area contributed by atoms with Crippen LogP contribution in [-0.2, 0) is 14.2 Å². The van der Waals surface area contributed by atoms with Crippen molar-refractivity contribution in [1.82, 2.24) is 0 Å². The lowest BCUT2D eigenvalue weighted by molar-refractivity contribution is -0.0751. The molecule has 0 fully saturated rings. The van der Waals surface area contributed by atoms with Crippen LogP contribution in [0.15, 0.2) is 145 Å². The second kappa shape index (κ2) is 12.9. The van der Waals surface area contributed by atoms with Crippen molar-refractivity contribution in [2.45, 2.75) is 32.2 Å². The monoisotopic (exact) mass is 426 g/mol. The minimum absolute atomic E-state index is 0.273. The van der Waals surface area contributed by atoms with E-state index in [-0.39, 0.29) is 18.3 Å². The van der Waals surface area contributed by atoms with E-state index in [0.717, 1.165) is 17.3 Å². The van der Waals surface area contributed by atoms with Gasteiger partial charge in [0.2, 0.25) is 0 Å². The Morgan fingerprint density at radius 3 is 1.12 bits per heavy atom. The maximum atomic E-state index is 6.42. The summed E-state index contributed by atoms with van der Waals surface area (Å²) in [4.78, 5) is 0. The van der Waals surface area contributed by atoms with Gasteiger partial charge < -0.3 is 14.2 Å². The van der Waals surface area contributed by atoms with Crippen molar-refractivity contribution in [2.24, 2.45) is 0 Å². The molecule has 0 spiro atoms. The van der Waals surface area contributed by atoms with Crippen molar-refractivity contribution in [3.05, 3.63) is 145 Å². The first-order valence-corrected chi connectivity index (χ1v) is 10.9. The highest BCUT2D eigenvalue weighted by Gasteiger charge is 2.30. The fourth-order valence-corrected chi connectivity index (χ4v) is 3.18. The number of allylic oxidation sites excluding steroid dienone is 21. The van der Waals surface area contributed by atoms with E-state index in [9.17, 15) is 0 Å². The van der Waals surface area contributed by atoms with Gasteiger partial charge >= 0.3 is 0 Å². The van der Waals surface area contributed by atoms with E-state index < -0.39 is 0 Å². The smallest absolute Gasteiger partial charge is 0.171 e. The van der Waals surface area contributed by atoms with Crippen molar-refractivity contribution in [3.63, 3.8) is 0 Å². The molecule has 0 radical (unpaired) electrons. The molecule has 0 bridgehead atoms. The second-order valence-electron chi connectivity index (χ2n) is 7.32. The predicted molar refractivity (Wildman–Crippen MR) is 132 cm³/mol. The van der Waals surface area contributed by atoms with E-state index >= 15 is 0 Å². The zero-order valence-corrected chi connectivity index (χ0v) is 18.6. The lowest BCUT2D eigenvalue weighted by Crippen LogP contribution is -2.39. The van der Waals surface area contributed by atoms with Gasteiger partial charge in [0.1, 0.15) is 29.5 Å². The van der Waals surface area contributed by atoms with Gasteiger partial charge in [-0.3, -0.25) is 0 Å². The molecule has 2 atom stereocenters. The van der Waals surface area contributed by atoms with Crippen LogP contribution in [0.4, 0.5) is 0 Å². The molecule has 0 aromatic heterocycles. The molecule has 3 aliphatic carbocycles. The van der Waals surface area contributed by atoms with Gasteiger partial charge in [0.15, 0.2) is 6.10 Å². The normalized spacial score (nSPS) is 33.8. The first kappa shape index (κ1) is 23.0. The summed E-state index contributed by atoms with van der Waals surface area (Å²) in [6.07, 6.45) is 40.2. The molecule has 3 nitrogen and oxygen atoms in total. The topological polar surface area (TPSA) is 27.7 Å². The summed E-state index contributed by atoms with van der Waals surface area (Å²) in [6.45, 7) is 4.01. The molecule has 0 amide bonds. The fourth-order valence-electron chi connectivity index (χ4n) is 3.18. The zero-order chi connectivity index (χ0) is 22.4. The summed E-state index contributed by atoms with van der Waals surface area (Å²) in [7, 11) is 0. The summed E-state index contributed by atoms with van der Waals surface area (Å²) in [5, 5.41) is 0. The van der Waals surface area contributed by atoms with Crippen LogP contribution < -0.4 is 0 Å². The van der Waals surface area contributed by atoms with Crippen molar-refractivity contribution >= 4 is 0 Å². The van der Waals surface area contributed by atoms with Crippen LogP contribution >= 0.6 is 0 Å². The lowest BCUT2D eigenvalue weighted by Gasteiger charge is -2.31. The Balaban J connectivity index is 1.79. The molecule has 0 aromatic rings. The number of rotatable bonds is 8. The van der Waals surface area contributed by atoms with Gasteiger partial charge in [0.05, 0.1) is 0 Å². The lowest BCUT2D eigenvalue weighted by atomic mass is 10.1. The van der Waals surface area contributed by atoms with Crippen LogP contribution in [0.5, 0.6) is 0 Å². The molecule has 164 valence electrons. The molecule has 0 saturated carbocycles. The van der Waals surface area contributed by atoms with Gasteiger partial charge in [-0.25, -0.2) is 0 Å². The van der Waals surface area contributed by atoms with Gasteiger partial charge in [-0.1, -0.05) is 91.1 Å². The van der Waals surface area contributed by atoms with E-state index in [1.807, 2.05) is 141 Å². The fraction of sp³-hybridized carbons (Fsp3) is 0.172. The minimum atomic E-state index is -0.360. The van der Waals surface area contributed by atoms with Gasteiger partial charge in [0, 0.05) is 0 Å². The molecule has 2 unspecified atom stereocenters. The third-order valence-electron chi connectivity index (χ3n) is 4.74. The van der Waals surface area contributed by atoms with Crippen LogP contribution in [-0.4, -0.2) is 18.3 Å². The van der Waals surface area contributed by atoms with Crippen LogP contribution in [0, 0.1) is 0 Å². The van der Waals surface area contributed by atoms with Crippen LogP contribution in [0.3, 0.4) is 0 Å². The maximum absolute atomic E-state index is 6.42. The highest BCUT2D eigenvalue weighted by atomic mass is 16.6. The van der Waals surface area contributed by atoms with E-state index in [4.69, 9.17) is 14.2 Å². The van der Waals surface area contributed by atoms with Gasteiger partial charge in [-0.05, 0) is 50.3 Å². The Labute approximate surface area is 191 Å². The number of hydrogen-bond donors (Lipinski definition) is 0. The predicted octanol–water partition coefficient (Wildman–Crippen LogP) is 6.88. The van der Waals surface area contributed by atoms with Crippen LogP contribution in [0.1, 0.15) is 13.8 Å². The van der Waals surface area contributed by atoms with Crippen molar-refractivity contribution in [3.8, 4) is 0 Å². The molecule has 3 heteroatoms. The molecule has 3 aliphatic rings. The SMILES string of the molecule is CC(OC1=C/C=C\C=C/C=C\1)C(OC1=C/C=C\C=C/C=C\1)C(C)OC1=C/C=C\C=C/C=C\1. The summed E-state index contributed by atoms with van der Waals surface area (Å²) < 4.78 is 19.0. The Morgan fingerprint density at radius 1 is 0.406 bits per heavy atom. The highest BCUT2D eigenvalue weighted by molar-refractivity contribution is 5.30. The molecular weight excluding hydrogens is 396 g/mol. The molecule has 0 heterocycles. The average Bonchev–Trinajstić information content (AvgIpc) is 2.71. The summed E-state index contributed by atoms with van der Waals surface area (Å²) in [5.41, 5.74) is 0. The Kier molecular flexibility index (Phi) is 9.22. The molecule has 0 aromatic carbocycles. The Morgan fingerprint density at radius 2 is 0.719 bits per heavy atom. The van der Waals surface area contributed by atoms with Gasteiger partial charge in [0.25, 0.3) is 0 Å². The van der Waals surface area contributed by atoms with E-state index in [1.165, 1.54) is 0 Å². The molecule has 0 saturated heterocycles. The van der Waals surface area contributed by atoms with Crippen molar-refractivity contribution < 1.29 is 14.2 Å². The first-order valence-electron chi connectivity index (χ1n) is 10.9. The van der Waals surface area contributed by atoms with Crippen LogP contribution in [0.25, 0.3) is 0 Å². The van der Waals surface area contributed by atoms with Crippen molar-refractivity contribution in [1.29, 1.82) is 0 Å². The Hall–Kier alpha value is -3.72. The molecular formula is C29H30O3. The first-order chi connectivity index (χ1) is 15.7. The average molecular weight is 427 g/mol. The van der Waals surface area contributed by atoms with E-state index in [1.54, 1.807) is 0 Å².